The molecule has 4 nitrogen and oxygen atoms in total. The Morgan fingerprint density at radius 2 is 2.27 bits per heavy atom. The minimum atomic E-state index is -0.358. The van der Waals surface area contributed by atoms with Crippen molar-refractivity contribution in [3.63, 3.8) is 0 Å². The molecule has 1 saturated heterocycles. The van der Waals surface area contributed by atoms with Gasteiger partial charge in [-0.05, 0) is 37.9 Å². The molecule has 1 unspecified atom stereocenters. The fourth-order valence-corrected chi connectivity index (χ4v) is 3.10. The predicted molar refractivity (Wildman–Crippen MR) is 84.9 cm³/mol. The molecule has 0 spiro atoms. The molecule has 1 aromatic carbocycles. The average molecular weight is 329 g/mol. The second-order valence-corrected chi connectivity index (χ2v) is 5.81. The number of nitrogens with one attached hydrogen (secondary N) is 2. The van der Waals surface area contributed by atoms with Crippen LogP contribution in [0.15, 0.2) is 18.2 Å². The lowest BCUT2D eigenvalue weighted by Gasteiger charge is -2.27. The molecular formula is C16H22ClFN2O2. The summed E-state index contributed by atoms with van der Waals surface area (Å²) in [5.74, 6) is 0.580. The first kappa shape index (κ1) is 17.0. The molecule has 2 aliphatic heterocycles. The Bertz CT molecular complexity index is 521. The quantitative estimate of drug-likeness (QED) is 0.893. The maximum Gasteiger partial charge on any atom is 0.220 e. The van der Waals surface area contributed by atoms with Crippen molar-refractivity contribution in [1.82, 2.24) is 10.6 Å². The molecule has 0 radical (unpaired) electrons. The van der Waals surface area contributed by atoms with Crippen molar-refractivity contribution in [1.29, 1.82) is 0 Å². The third-order valence-electron chi connectivity index (χ3n) is 4.30. The minimum absolute atomic E-state index is 0. The monoisotopic (exact) mass is 328 g/mol. The highest BCUT2D eigenvalue weighted by Crippen LogP contribution is 2.34. The van der Waals surface area contributed by atoms with Gasteiger partial charge in [0.1, 0.15) is 0 Å². The van der Waals surface area contributed by atoms with Crippen LogP contribution in [0.3, 0.4) is 0 Å². The van der Waals surface area contributed by atoms with Gasteiger partial charge >= 0.3 is 0 Å². The summed E-state index contributed by atoms with van der Waals surface area (Å²) in [5.41, 5.74) is 0.747. The Morgan fingerprint density at radius 3 is 3.05 bits per heavy atom. The van der Waals surface area contributed by atoms with Crippen molar-refractivity contribution in [3.05, 3.63) is 29.6 Å². The Kier molecular flexibility index (Phi) is 6.03. The number of fused-ring (bicyclic) bond motifs is 1. The summed E-state index contributed by atoms with van der Waals surface area (Å²) >= 11 is 0. The second kappa shape index (κ2) is 7.79. The van der Waals surface area contributed by atoms with E-state index in [-0.39, 0.29) is 35.9 Å². The van der Waals surface area contributed by atoms with E-state index in [1.165, 1.54) is 6.07 Å². The molecule has 2 aliphatic rings. The van der Waals surface area contributed by atoms with E-state index in [4.69, 9.17) is 4.74 Å². The van der Waals surface area contributed by atoms with Crippen LogP contribution in [0.2, 0.25) is 0 Å². The van der Waals surface area contributed by atoms with Gasteiger partial charge in [-0.3, -0.25) is 4.79 Å². The maximum atomic E-state index is 13.7. The number of hydrogen-bond donors (Lipinski definition) is 2. The summed E-state index contributed by atoms with van der Waals surface area (Å²) < 4.78 is 19.1. The lowest BCUT2D eigenvalue weighted by atomic mass is 9.99. The van der Waals surface area contributed by atoms with Crippen LogP contribution < -0.4 is 15.4 Å². The van der Waals surface area contributed by atoms with E-state index in [1.54, 1.807) is 6.07 Å². The van der Waals surface area contributed by atoms with Crippen LogP contribution in [-0.2, 0) is 4.79 Å². The van der Waals surface area contributed by atoms with Crippen molar-refractivity contribution in [2.75, 3.05) is 19.7 Å². The SMILES string of the molecule is Cl.O=C(CCC1CCNC1)N[C@@H]1CCOc2c(F)cccc21. The third-order valence-corrected chi connectivity index (χ3v) is 4.30. The minimum Gasteiger partial charge on any atom is -0.490 e. The van der Waals surface area contributed by atoms with Gasteiger partial charge in [-0.2, -0.15) is 0 Å². The van der Waals surface area contributed by atoms with Crippen LogP contribution in [0.4, 0.5) is 4.39 Å². The van der Waals surface area contributed by atoms with Crippen LogP contribution >= 0.6 is 12.4 Å². The molecule has 1 fully saturated rings. The zero-order valence-corrected chi connectivity index (χ0v) is 13.3. The number of benzene rings is 1. The van der Waals surface area contributed by atoms with E-state index in [1.807, 2.05) is 6.07 Å². The first-order valence-electron chi connectivity index (χ1n) is 7.65. The Morgan fingerprint density at radius 1 is 1.41 bits per heavy atom. The summed E-state index contributed by atoms with van der Waals surface area (Å²) in [7, 11) is 0. The standard InChI is InChI=1S/C16H21FN2O2.ClH/c17-13-3-1-2-12-14(7-9-21-16(12)13)19-15(20)5-4-11-6-8-18-10-11;/h1-3,11,14,18H,4-10H2,(H,19,20);1H/t11?,14-;/m1./s1. The molecule has 2 atom stereocenters. The molecule has 1 amide bonds. The normalized spacial score (nSPS) is 23.1. The van der Waals surface area contributed by atoms with Gasteiger partial charge in [-0.1, -0.05) is 12.1 Å². The number of rotatable bonds is 4. The molecule has 0 aromatic heterocycles. The number of para-hydroxylation sites is 1. The number of ether oxygens (including phenoxy) is 1. The molecule has 22 heavy (non-hydrogen) atoms. The summed E-state index contributed by atoms with van der Waals surface area (Å²) in [6, 6.07) is 4.73. The van der Waals surface area contributed by atoms with Crippen molar-refractivity contribution >= 4 is 18.3 Å². The van der Waals surface area contributed by atoms with Crippen molar-refractivity contribution in [3.8, 4) is 5.75 Å². The van der Waals surface area contributed by atoms with Crippen LogP contribution in [0.1, 0.15) is 37.3 Å². The van der Waals surface area contributed by atoms with Gasteiger partial charge in [0.2, 0.25) is 5.91 Å². The van der Waals surface area contributed by atoms with E-state index in [0.29, 0.717) is 25.4 Å². The van der Waals surface area contributed by atoms with Gasteiger partial charge in [0.15, 0.2) is 11.6 Å². The highest BCUT2D eigenvalue weighted by molar-refractivity contribution is 5.85. The molecular weight excluding hydrogens is 307 g/mol. The van der Waals surface area contributed by atoms with Crippen LogP contribution in [0, 0.1) is 11.7 Å². The largest absolute Gasteiger partial charge is 0.490 e. The molecule has 1 aromatic rings. The maximum absolute atomic E-state index is 13.7. The fraction of sp³-hybridized carbons (Fsp3) is 0.562. The third kappa shape index (κ3) is 3.90. The Balaban J connectivity index is 0.00000176. The fourth-order valence-electron chi connectivity index (χ4n) is 3.10. The van der Waals surface area contributed by atoms with Gasteiger partial charge < -0.3 is 15.4 Å². The molecule has 0 aliphatic carbocycles. The Labute approximate surface area is 136 Å². The molecule has 0 saturated carbocycles. The van der Waals surface area contributed by atoms with E-state index >= 15 is 0 Å². The van der Waals surface area contributed by atoms with Gasteiger partial charge in [-0.15, -0.1) is 12.4 Å². The summed E-state index contributed by atoms with van der Waals surface area (Å²) in [5, 5.41) is 6.33. The Hall–Kier alpha value is -1.33. The van der Waals surface area contributed by atoms with Crippen LogP contribution in [-0.4, -0.2) is 25.6 Å². The first-order chi connectivity index (χ1) is 10.2. The predicted octanol–water partition coefficient (Wildman–Crippen LogP) is 2.58. The summed E-state index contributed by atoms with van der Waals surface area (Å²) in [4.78, 5) is 12.1. The topological polar surface area (TPSA) is 50.4 Å². The van der Waals surface area contributed by atoms with Crippen molar-refractivity contribution < 1.29 is 13.9 Å². The zero-order valence-electron chi connectivity index (χ0n) is 12.4. The molecule has 3 rings (SSSR count). The van der Waals surface area contributed by atoms with Crippen LogP contribution in [0.5, 0.6) is 5.75 Å². The smallest absolute Gasteiger partial charge is 0.220 e. The number of hydrogen-bond acceptors (Lipinski definition) is 3. The molecule has 2 heterocycles. The molecule has 6 heteroatoms. The van der Waals surface area contributed by atoms with Gasteiger partial charge in [0.05, 0.1) is 12.6 Å². The second-order valence-electron chi connectivity index (χ2n) is 5.81. The van der Waals surface area contributed by atoms with Gasteiger partial charge in [0, 0.05) is 18.4 Å². The van der Waals surface area contributed by atoms with Gasteiger partial charge in [-0.25, -0.2) is 4.39 Å². The first-order valence-corrected chi connectivity index (χ1v) is 7.65. The van der Waals surface area contributed by atoms with E-state index < -0.39 is 0 Å². The zero-order chi connectivity index (χ0) is 14.7. The van der Waals surface area contributed by atoms with Crippen molar-refractivity contribution in [2.45, 2.75) is 31.7 Å². The van der Waals surface area contributed by atoms with E-state index in [2.05, 4.69) is 10.6 Å². The average Bonchev–Trinajstić information content (AvgIpc) is 3.00. The molecule has 122 valence electrons. The number of halogens is 2. The molecule has 0 bridgehead atoms. The van der Waals surface area contributed by atoms with E-state index in [9.17, 15) is 9.18 Å². The van der Waals surface area contributed by atoms with E-state index in [0.717, 1.165) is 31.5 Å². The highest BCUT2D eigenvalue weighted by Gasteiger charge is 2.25. The number of carbonyl (C=O) groups excluding carboxylic acids is 1. The summed E-state index contributed by atoms with van der Waals surface area (Å²) in [6.07, 6.45) is 3.29. The lowest BCUT2D eigenvalue weighted by Crippen LogP contribution is -2.32. The number of amides is 1. The van der Waals surface area contributed by atoms with Crippen molar-refractivity contribution in [2.24, 2.45) is 5.92 Å². The van der Waals surface area contributed by atoms with Crippen LogP contribution in [0.25, 0.3) is 0 Å². The summed E-state index contributed by atoms with van der Waals surface area (Å²) in [6.45, 7) is 2.50. The highest BCUT2D eigenvalue weighted by atomic mass is 35.5. The molecule has 2 N–H and O–H groups in total. The lowest BCUT2D eigenvalue weighted by molar-refractivity contribution is -0.122. The number of carbonyl (C=O) groups is 1. The van der Waals surface area contributed by atoms with Gasteiger partial charge in [0.25, 0.3) is 0 Å².